The van der Waals surface area contributed by atoms with Crippen molar-refractivity contribution in [2.75, 3.05) is 18.2 Å². The Kier molecular flexibility index (Phi) is 7.83. The fourth-order valence-corrected chi connectivity index (χ4v) is 5.26. The van der Waals surface area contributed by atoms with E-state index < -0.39 is 33.1 Å². The molecule has 0 bridgehead atoms. The van der Waals surface area contributed by atoms with E-state index in [1.165, 1.54) is 82.4 Å². The third-order valence-corrected chi connectivity index (χ3v) is 7.70. The zero-order chi connectivity index (χ0) is 32.6. The Labute approximate surface area is 260 Å². The second kappa shape index (κ2) is 11.9. The molecule has 0 aliphatic heterocycles. The van der Waals surface area contributed by atoms with Gasteiger partial charge in [0, 0.05) is 47.0 Å². The van der Waals surface area contributed by atoms with Crippen LogP contribution in [-0.2, 0) is 10.0 Å². The van der Waals surface area contributed by atoms with Gasteiger partial charge in [-0.05, 0) is 55.5 Å². The predicted octanol–water partition coefficient (Wildman–Crippen LogP) is 4.88. The quantitative estimate of drug-likeness (QED) is 0.235. The molecule has 0 unspecified atom stereocenters. The standard InChI is InChI=1S/C31H24F2N6O6S/c1-3-44-26-12-14-37(22-7-4-20(32)5-8-22)31(41)28(26)30(40)36-21-6-9-25(24(33)16-21)45-27-10-13-34-38-15-11-23(29(27)38)19-17-35-39(18-19)46(2,42)43/h4-18H,3H2,1-2H3,(H,36,40). The monoisotopic (exact) mass is 646 g/mol. The highest BCUT2D eigenvalue weighted by atomic mass is 32.2. The van der Waals surface area contributed by atoms with Crippen molar-refractivity contribution in [3.05, 3.63) is 119 Å². The van der Waals surface area contributed by atoms with E-state index in [-0.39, 0.29) is 35.1 Å². The molecule has 1 amide bonds. The Hall–Kier alpha value is -5.83. The molecule has 6 rings (SSSR count). The predicted molar refractivity (Wildman–Crippen MR) is 164 cm³/mol. The molecular weight excluding hydrogens is 622 g/mol. The van der Waals surface area contributed by atoms with Gasteiger partial charge in [0.1, 0.15) is 22.6 Å². The molecule has 6 aromatic rings. The third kappa shape index (κ3) is 5.82. The summed E-state index contributed by atoms with van der Waals surface area (Å²) >= 11 is 0. The van der Waals surface area contributed by atoms with Crippen LogP contribution < -0.4 is 20.3 Å². The lowest BCUT2D eigenvalue weighted by molar-refractivity contribution is 0.102. The van der Waals surface area contributed by atoms with Crippen molar-refractivity contribution < 1.29 is 31.5 Å². The lowest BCUT2D eigenvalue weighted by Gasteiger charge is -2.14. The lowest BCUT2D eigenvalue weighted by Crippen LogP contribution is -2.29. The zero-order valence-electron chi connectivity index (χ0n) is 24.2. The maximum absolute atomic E-state index is 15.4. The molecule has 46 heavy (non-hydrogen) atoms. The van der Waals surface area contributed by atoms with Gasteiger partial charge in [-0.1, -0.05) is 0 Å². The molecule has 2 aromatic carbocycles. The van der Waals surface area contributed by atoms with E-state index in [0.717, 1.165) is 16.4 Å². The fraction of sp³-hybridized carbons (Fsp3) is 0.0968. The maximum Gasteiger partial charge on any atom is 0.271 e. The van der Waals surface area contributed by atoms with E-state index in [1.807, 2.05) is 0 Å². The van der Waals surface area contributed by atoms with Crippen molar-refractivity contribution in [3.63, 3.8) is 0 Å². The number of nitrogens with zero attached hydrogens (tertiary/aromatic N) is 5. The summed E-state index contributed by atoms with van der Waals surface area (Å²) in [6, 6.07) is 13.5. The van der Waals surface area contributed by atoms with E-state index in [4.69, 9.17) is 9.47 Å². The molecule has 234 valence electrons. The first-order valence-corrected chi connectivity index (χ1v) is 15.5. The number of carbonyl (C=O) groups excluding carboxylic acids is 1. The first-order chi connectivity index (χ1) is 22.0. The minimum atomic E-state index is -3.61. The Morgan fingerprint density at radius 2 is 1.74 bits per heavy atom. The van der Waals surface area contributed by atoms with Crippen LogP contribution in [0.25, 0.3) is 22.3 Å². The molecule has 15 heteroatoms. The lowest BCUT2D eigenvalue weighted by atomic mass is 10.1. The smallest absolute Gasteiger partial charge is 0.271 e. The van der Waals surface area contributed by atoms with Crippen LogP contribution in [-0.4, -0.2) is 50.6 Å². The van der Waals surface area contributed by atoms with Gasteiger partial charge < -0.3 is 14.8 Å². The highest BCUT2D eigenvalue weighted by Gasteiger charge is 2.22. The summed E-state index contributed by atoms with van der Waals surface area (Å²) in [5, 5.41) is 10.7. The van der Waals surface area contributed by atoms with Crippen LogP contribution in [0.3, 0.4) is 0 Å². The van der Waals surface area contributed by atoms with Gasteiger partial charge in [-0.2, -0.15) is 14.3 Å². The molecule has 0 saturated carbocycles. The van der Waals surface area contributed by atoms with Crippen LogP contribution in [0.2, 0.25) is 0 Å². The van der Waals surface area contributed by atoms with Crippen LogP contribution in [0.1, 0.15) is 17.3 Å². The summed E-state index contributed by atoms with van der Waals surface area (Å²) in [5.74, 6) is -2.10. The zero-order valence-corrected chi connectivity index (χ0v) is 25.0. The average molecular weight is 647 g/mol. The largest absolute Gasteiger partial charge is 0.493 e. The summed E-state index contributed by atoms with van der Waals surface area (Å²) in [6.07, 6.45) is 8.24. The number of pyridine rings is 1. The highest BCUT2D eigenvalue weighted by Crippen LogP contribution is 2.35. The van der Waals surface area contributed by atoms with Crippen LogP contribution in [0.4, 0.5) is 14.5 Å². The third-order valence-electron chi connectivity index (χ3n) is 6.82. The summed E-state index contributed by atoms with van der Waals surface area (Å²) in [5.41, 5.74) is 0.756. The van der Waals surface area contributed by atoms with Gasteiger partial charge in [0.15, 0.2) is 17.3 Å². The molecular formula is C31H24F2N6O6S. The molecule has 0 radical (unpaired) electrons. The number of fused-ring (bicyclic) bond motifs is 1. The first kappa shape index (κ1) is 30.2. The molecule has 12 nitrogen and oxygen atoms in total. The summed E-state index contributed by atoms with van der Waals surface area (Å²) in [6.45, 7) is 1.87. The van der Waals surface area contributed by atoms with Crippen molar-refractivity contribution >= 4 is 27.1 Å². The number of hydrogen-bond acceptors (Lipinski definition) is 8. The Morgan fingerprint density at radius 3 is 2.43 bits per heavy atom. The number of aromatic nitrogens is 5. The van der Waals surface area contributed by atoms with Crippen LogP contribution >= 0.6 is 0 Å². The topological polar surface area (TPSA) is 139 Å². The first-order valence-electron chi connectivity index (χ1n) is 13.7. The number of amides is 1. The second-order valence-electron chi connectivity index (χ2n) is 9.92. The number of rotatable bonds is 9. The molecule has 0 aliphatic rings. The van der Waals surface area contributed by atoms with E-state index in [2.05, 4.69) is 15.5 Å². The van der Waals surface area contributed by atoms with E-state index in [0.29, 0.717) is 22.3 Å². The maximum atomic E-state index is 15.4. The van der Waals surface area contributed by atoms with Gasteiger partial charge in [-0.15, -0.1) is 0 Å². The van der Waals surface area contributed by atoms with Gasteiger partial charge in [0.2, 0.25) is 0 Å². The van der Waals surface area contributed by atoms with Gasteiger partial charge >= 0.3 is 0 Å². The fourth-order valence-electron chi connectivity index (χ4n) is 4.74. The second-order valence-corrected chi connectivity index (χ2v) is 11.8. The van der Waals surface area contributed by atoms with Crippen LogP contribution in [0, 0.1) is 11.6 Å². The number of anilines is 1. The van der Waals surface area contributed by atoms with Crippen molar-refractivity contribution in [2.24, 2.45) is 0 Å². The van der Waals surface area contributed by atoms with Gasteiger partial charge in [-0.25, -0.2) is 21.7 Å². The van der Waals surface area contributed by atoms with Gasteiger partial charge in [0.05, 0.1) is 31.5 Å². The minimum Gasteiger partial charge on any atom is -0.493 e. The van der Waals surface area contributed by atoms with E-state index >= 15 is 4.39 Å². The Bertz CT molecular complexity index is 2280. The van der Waals surface area contributed by atoms with Gasteiger partial charge in [-0.3, -0.25) is 14.2 Å². The number of nitrogens with one attached hydrogen (secondary N) is 1. The average Bonchev–Trinajstić information content (AvgIpc) is 3.68. The minimum absolute atomic E-state index is 0.0237. The molecule has 0 fully saturated rings. The summed E-state index contributed by atoms with van der Waals surface area (Å²) in [4.78, 5) is 26.7. The number of halogens is 2. The Morgan fingerprint density at radius 1 is 0.957 bits per heavy atom. The Balaban J connectivity index is 1.28. The normalized spacial score (nSPS) is 11.5. The molecule has 4 heterocycles. The molecule has 0 aliphatic carbocycles. The SMILES string of the molecule is CCOc1ccn(-c2ccc(F)cc2)c(=O)c1C(=O)Nc1ccc(Oc2ccnn3ccc(-c4cnn(S(C)(=O)=O)c4)c23)c(F)c1. The number of ether oxygens (including phenoxy) is 2. The van der Waals surface area contributed by atoms with Gasteiger partial charge in [0.25, 0.3) is 21.5 Å². The van der Waals surface area contributed by atoms with Crippen molar-refractivity contribution in [1.82, 2.24) is 23.4 Å². The molecule has 0 saturated heterocycles. The van der Waals surface area contributed by atoms with Crippen molar-refractivity contribution in [1.29, 1.82) is 0 Å². The van der Waals surface area contributed by atoms with Crippen molar-refractivity contribution in [2.45, 2.75) is 6.92 Å². The van der Waals surface area contributed by atoms with Crippen LogP contribution in [0.5, 0.6) is 17.2 Å². The molecule has 0 spiro atoms. The molecule has 4 aromatic heterocycles. The van der Waals surface area contributed by atoms with E-state index in [9.17, 15) is 22.4 Å². The van der Waals surface area contributed by atoms with E-state index in [1.54, 1.807) is 19.2 Å². The highest BCUT2D eigenvalue weighted by molar-refractivity contribution is 7.89. The number of carbonyl (C=O) groups is 1. The molecule has 0 atom stereocenters. The molecule has 1 N–H and O–H groups in total. The van der Waals surface area contributed by atoms with Crippen LogP contribution in [0.15, 0.2) is 96.4 Å². The summed E-state index contributed by atoms with van der Waals surface area (Å²) < 4.78 is 67.5. The summed E-state index contributed by atoms with van der Waals surface area (Å²) in [7, 11) is -3.61. The number of hydrogen-bond donors (Lipinski definition) is 1. The number of benzene rings is 2. The van der Waals surface area contributed by atoms with Crippen molar-refractivity contribution in [3.8, 4) is 34.1 Å².